The van der Waals surface area contributed by atoms with Crippen LogP contribution >= 0.6 is 0 Å². The Morgan fingerprint density at radius 1 is 0.426 bits per heavy atom. The van der Waals surface area contributed by atoms with E-state index in [-0.39, 0.29) is 0 Å². The van der Waals surface area contributed by atoms with Gasteiger partial charge in [-0.1, -0.05) is 140 Å². The van der Waals surface area contributed by atoms with Gasteiger partial charge < -0.3 is 0 Å². The molecule has 1 aliphatic carbocycles. The lowest BCUT2D eigenvalue weighted by molar-refractivity contribution is 1.06. The van der Waals surface area contributed by atoms with Gasteiger partial charge >= 0.3 is 0 Å². The average Bonchev–Trinajstić information content (AvgIpc) is 3.74. The second kappa shape index (κ2) is 11.0. The summed E-state index contributed by atoms with van der Waals surface area (Å²) in [5.41, 5.74) is 8.45. The van der Waals surface area contributed by atoms with E-state index in [1.165, 1.54) is 109 Å². The summed E-state index contributed by atoms with van der Waals surface area (Å²) in [6, 6.07) is 56.1. The molecule has 0 saturated carbocycles. The van der Waals surface area contributed by atoms with Gasteiger partial charge in [-0.15, -0.1) is 0 Å². The van der Waals surface area contributed by atoms with Crippen LogP contribution in [-0.4, -0.2) is 0 Å². The first-order valence-electron chi connectivity index (χ1n) is 18.9. The van der Waals surface area contributed by atoms with Gasteiger partial charge in [0, 0.05) is 0 Å². The molecule has 0 aliphatic heterocycles. The molecule has 248 valence electrons. The molecule has 0 aromatic heterocycles. The van der Waals surface area contributed by atoms with E-state index in [0.717, 1.165) is 23.6 Å². The molecule has 1 aliphatic rings. The fraction of sp³-hybridized carbons (Fsp3) is 0.0377. The molecule has 12 rings (SSSR count). The molecule has 54 heavy (non-hydrogen) atoms. The highest BCUT2D eigenvalue weighted by atomic mass is 14.3. The Morgan fingerprint density at radius 3 is 1.91 bits per heavy atom. The highest BCUT2D eigenvalue weighted by Gasteiger charge is 2.27. The number of hydrogen-bond acceptors (Lipinski definition) is 1. The quantitative estimate of drug-likeness (QED) is 0.170. The van der Waals surface area contributed by atoms with Gasteiger partial charge in [0.05, 0.1) is 11.6 Å². The third-order valence-corrected chi connectivity index (χ3v) is 12.2. The van der Waals surface area contributed by atoms with Crippen LogP contribution in [-0.2, 0) is 0 Å². The largest absolute Gasteiger partial charge is 0.192 e. The number of rotatable bonds is 3. The highest BCUT2D eigenvalue weighted by molar-refractivity contribution is 6.44. The van der Waals surface area contributed by atoms with Crippen LogP contribution in [0.4, 0.5) is 0 Å². The van der Waals surface area contributed by atoms with Crippen LogP contribution in [0.15, 0.2) is 164 Å². The van der Waals surface area contributed by atoms with Crippen molar-refractivity contribution in [1.29, 1.82) is 5.26 Å². The first-order chi connectivity index (χ1) is 26.8. The monoisotopic (exact) mass is 681 g/mol. The summed E-state index contributed by atoms with van der Waals surface area (Å²) in [4.78, 5) is 0. The van der Waals surface area contributed by atoms with E-state index in [0.29, 0.717) is 5.56 Å². The van der Waals surface area contributed by atoms with Gasteiger partial charge in [-0.25, -0.2) is 0 Å². The molecule has 0 spiro atoms. The molecule has 0 N–H and O–H groups in total. The molecule has 0 amide bonds. The number of fused-ring (bicyclic) bond motifs is 9. The zero-order valence-electron chi connectivity index (χ0n) is 29.4. The summed E-state index contributed by atoms with van der Waals surface area (Å²) in [7, 11) is 0. The summed E-state index contributed by atoms with van der Waals surface area (Å²) < 4.78 is 0. The smallest absolute Gasteiger partial charge is 0.0991 e. The highest BCUT2D eigenvalue weighted by Crippen LogP contribution is 2.54. The summed E-state index contributed by atoms with van der Waals surface area (Å²) in [6.45, 7) is 0. The summed E-state index contributed by atoms with van der Waals surface area (Å²) in [5, 5.41) is 30.3. The van der Waals surface area contributed by atoms with Gasteiger partial charge in [-0.2, -0.15) is 5.26 Å². The standard InChI is InChI=1S/C53H31N/c54-30-31-21-22-35-28-36(24-23-34(35)27-31)37-25-26-44-49-40(37)17-9-20-43(49)52-47(32-11-3-1-4-12-32)46-29-45-39-16-8-7-15-38(39)41-18-10-19-42(50(41)45)51(46)48(53(44)52)33-13-5-2-6-14-33/h1-3,5-11,13-29H,4,12H2. The van der Waals surface area contributed by atoms with E-state index >= 15 is 0 Å². The van der Waals surface area contributed by atoms with E-state index in [4.69, 9.17) is 0 Å². The molecule has 11 aromatic rings. The Morgan fingerprint density at radius 2 is 1.09 bits per heavy atom. The van der Waals surface area contributed by atoms with Crippen molar-refractivity contribution in [2.75, 3.05) is 0 Å². The SMILES string of the molecule is N#Cc1ccc2cc(-c3ccc4c5c(-c6ccccc6)c6c(cc7c8ccccc8c8cccc6c87)c(C6=CC=CCC6)c5c5cccc3c54)ccc2c1. The molecule has 0 fully saturated rings. The van der Waals surface area contributed by atoms with Crippen LogP contribution < -0.4 is 0 Å². The Kier molecular flexibility index (Phi) is 6.02. The maximum atomic E-state index is 9.50. The molecule has 0 heterocycles. The lowest BCUT2D eigenvalue weighted by atomic mass is 9.82. The van der Waals surface area contributed by atoms with Crippen LogP contribution in [0.25, 0.3) is 114 Å². The van der Waals surface area contributed by atoms with Crippen LogP contribution in [0, 0.1) is 11.3 Å². The van der Waals surface area contributed by atoms with Crippen molar-refractivity contribution in [3.63, 3.8) is 0 Å². The Labute approximate surface area is 312 Å². The third kappa shape index (κ3) is 3.92. The normalized spacial score (nSPS) is 13.4. The lowest BCUT2D eigenvalue weighted by Gasteiger charge is -2.21. The predicted octanol–water partition coefficient (Wildman–Crippen LogP) is 14.7. The molecule has 11 aromatic carbocycles. The van der Waals surface area contributed by atoms with Crippen LogP contribution in [0.5, 0.6) is 0 Å². The van der Waals surface area contributed by atoms with Crippen molar-refractivity contribution in [3.8, 4) is 28.3 Å². The van der Waals surface area contributed by atoms with E-state index < -0.39 is 0 Å². The van der Waals surface area contributed by atoms with E-state index in [2.05, 4.69) is 158 Å². The van der Waals surface area contributed by atoms with Crippen molar-refractivity contribution in [1.82, 2.24) is 0 Å². The van der Waals surface area contributed by atoms with Crippen molar-refractivity contribution < 1.29 is 0 Å². The Bertz CT molecular complexity index is 3480. The van der Waals surface area contributed by atoms with Gasteiger partial charge in [0.25, 0.3) is 0 Å². The fourth-order valence-electron chi connectivity index (χ4n) is 9.99. The van der Waals surface area contributed by atoms with E-state index in [1.54, 1.807) is 0 Å². The van der Waals surface area contributed by atoms with Gasteiger partial charge in [0.1, 0.15) is 0 Å². The lowest BCUT2D eigenvalue weighted by Crippen LogP contribution is -1.95. The van der Waals surface area contributed by atoms with Gasteiger partial charge in [-0.05, 0) is 157 Å². The number of allylic oxidation sites excluding steroid dienone is 4. The summed E-state index contributed by atoms with van der Waals surface area (Å²) in [5.74, 6) is 0. The molecule has 0 bridgehead atoms. The number of hydrogen-bond donors (Lipinski definition) is 0. The molecule has 0 radical (unpaired) electrons. The molecule has 1 heteroatoms. The minimum Gasteiger partial charge on any atom is -0.192 e. The van der Waals surface area contributed by atoms with E-state index in [1.807, 2.05) is 12.1 Å². The zero-order chi connectivity index (χ0) is 35.5. The number of nitrogens with zero attached hydrogens (tertiary/aromatic N) is 1. The minimum atomic E-state index is 0.686. The van der Waals surface area contributed by atoms with Crippen LogP contribution in [0.3, 0.4) is 0 Å². The molecular formula is C53H31N. The summed E-state index contributed by atoms with van der Waals surface area (Å²) in [6.07, 6.45) is 8.98. The zero-order valence-corrected chi connectivity index (χ0v) is 29.4. The predicted molar refractivity (Wildman–Crippen MR) is 231 cm³/mol. The molecule has 0 saturated heterocycles. The third-order valence-electron chi connectivity index (χ3n) is 12.2. The van der Waals surface area contributed by atoms with Crippen molar-refractivity contribution in [2.45, 2.75) is 12.8 Å². The maximum Gasteiger partial charge on any atom is 0.0991 e. The topological polar surface area (TPSA) is 23.8 Å². The second-order valence-corrected chi connectivity index (χ2v) is 14.9. The van der Waals surface area contributed by atoms with Gasteiger partial charge in [0.2, 0.25) is 0 Å². The average molecular weight is 682 g/mol. The molecule has 0 atom stereocenters. The van der Waals surface area contributed by atoms with Gasteiger partial charge in [0.15, 0.2) is 0 Å². The Balaban J connectivity index is 1.31. The van der Waals surface area contributed by atoms with Crippen molar-refractivity contribution in [2.24, 2.45) is 0 Å². The maximum absolute atomic E-state index is 9.50. The minimum absolute atomic E-state index is 0.686. The molecular weight excluding hydrogens is 651 g/mol. The molecule has 1 nitrogen and oxygen atoms in total. The Hall–Kier alpha value is -7.01. The van der Waals surface area contributed by atoms with Gasteiger partial charge in [-0.3, -0.25) is 0 Å². The number of benzene rings is 9. The first kappa shape index (κ1) is 29.6. The van der Waals surface area contributed by atoms with Crippen molar-refractivity contribution >= 4 is 91.8 Å². The second-order valence-electron chi connectivity index (χ2n) is 14.9. The van der Waals surface area contributed by atoms with E-state index in [9.17, 15) is 5.26 Å². The van der Waals surface area contributed by atoms with Crippen molar-refractivity contribution in [3.05, 3.63) is 175 Å². The first-order valence-corrected chi connectivity index (χ1v) is 18.9. The molecule has 0 unspecified atom stereocenters. The van der Waals surface area contributed by atoms with Crippen LogP contribution in [0.2, 0.25) is 0 Å². The number of nitriles is 1. The summed E-state index contributed by atoms with van der Waals surface area (Å²) >= 11 is 0. The van der Waals surface area contributed by atoms with Crippen LogP contribution in [0.1, 0.15) is 24.0 Å². The fourth-order valence-corrected chi connectivity index (χ4v) is 9.99.